The van der Waals surface area contributed by atoms with E-state index in [1.807, 2.05) is 4.90 Å². The van der Waals surface area contributed by atoms with Crippen molar-refractivity contribution in [3.05, 3.63) is 23.8 Å². The number of benzene rings is 1. The van der Waals surface area contributed by atoms with E-state index < -0.39 is 5.91 Å². The zero-order chi connectivity index (χ0) is 14.9. The largest absolute Gasteiger partial charge is 0.397 e. The molecule has 2 atom stereocenters. The Labute approximate surface area is 117 Å². The van der Waals surface area contributed by atoms with Crippen LogP contribution in [0.3, 0.4) is 0 Å². The summed E-state index contributed by atoms with van der Waals surface area (Å²) >= 11 is 0. The fraction of sp³-hybridized carbons (Fsp3) is 0.429. The average Bonchev–Trinajstić information content (AvgIpc) is 2.39. The van der Waals surface area contributed by atoms with Crippen molar-refractivity contribution >= 4 is 23.2 Å². The molecule has 2 unspecified atom stereocenters. The van der Waals surface area contributed by atoms with Crippen LogP contribution in [0.2, 0.25) is 0 Å². The minimum Gasteiger partial charge on any atom is -0.397 e. The lowest BCUT2D eigenvalue weighted by molar-refractivity contribution is -0.122. The van der Waals surface area contributed by atoms with Gasteiger partial charge in [0.2, 0.25) is 11.8 Å². The molecule has 1 heterocycles. The van der Waals surface area contributed by atoms with E-state index in [4.69, 9.17) is 17.2 Å². The number of carbonyl (C=O) groups is 2. The van der Waals surface area contributed by atoms with Gasteiger partial charge in [-0.1, -0.05) is 0 Å². The van der Waals surface area contributed by atoms with E-state index in [9.17, 15) is 9.59 Å². The van der Waals surface area contributed by atoms with Crippen LogP contribution in [0.25, 0.3) is 0 Å². The van der Waals surface area contributed by atoms with Gasteiger partial charge in [0.25, 0.3) is 0 Å². The Kier molecular flexibility index (Phi) is 3.83. The van der Waals surface area contributed by atoms with Gasteiger partial charge in [0.05, 0.1) is 17.3 Å². The molecular weight excluding hydrogens is 256 g/mol. The quantitative estimate of drug-likeness (QED) is 0.695. The second-order valence-electron chi connectivity index (χ2n) is 5.32. The van der Waals surface area contributed by atoms with Crippen LogP contribution >= 0.6 is 0 Å². The second-order valence-corrected chi connectivity index (χ2v) is 5.32. The van der Waals surface area contributed by atoms with Gasteiger partial charge in [-0.25, -0.2) is 0 Å². The molecule has 0 spiro atoms. The number of nitrogens with zero attached hydrogens (tertiary/aromatic N) is 1. The van der Waals surface area contributed by atoms with Crippen LogP contribution in [-0.4, -0.2) is 24.4 Å². The van der Waals surface area contributed by atoms with Gasteiger partial charge in [-0.2, -0.15) is 0 Å². The normalized spacial score (nSPS) is 22.6. The van der Waals surface area contributed by atoms with Crippen LogP contribution in [0.4, 0.5) is 11.4 Å². The van der Waals surface area contributed by atoms with E-state index in [0.717, 1.165) is 18.5 Å². The van der Waals surface area contributed by atoms with Gasteiger partial charge in [-0.3, -0.25) is 9.59 Å². The first-order valence-corrected chi connectivity index (χ1v) is 6.65. The second kappa shape index (κ2) is 5.40. The van der Waals surface area contributed by atoms with Gasteiger partial charge in [0.1, 0.15) is 0 Å². The van der Waals surface area contributed by atoms with Crippen molar-refractivity contribution in [1.82, 2.24) is 0 Å². The lowest BCUT2D eigenvalue weighted by atomic mass is 9.92. The monoisotopic (exact) mass is 276 g/mol. The zero-order valence-corrected chi connectivity index (χ0v) is 11.5. The van der Waals surface area contributed by atoms with Crippen molar-refractivity contribution in [1.29, 1.82) is 0 Å². The molecule has 0 saturated carbocycles. The molecule has 0 aliphatic carbocycles. The predicted molar refractivity (Wildman–Crippen MR) is 78.1 cm³/mol. The Bertz CT molecular complexity index is 544. The van der Waals surface area contributed by atoms with Crippen LogP contribution in [0.5, 0.6) is 0 Å². The summed E-state index contributed by atoms with van der Waals surface area (Å²) in [6.45, 7) is 2.58. The smallest absolute Gasteiger partial charge is 0.248 e. The third kappa shape index (κ3) is 2.68. The molecule has 0 radical (unpaired) electrons. The molecular formula is C14H20N4O2. The van der Waals surface area contributed by atoms with Gasteiger partial charge in [-0.15, -0.1) is 0 Å². The maximum Gasteiger partial charge on any atom is 0.248 e. The summed E-state index contributed by atoms with van der Waals surface area (Å²) in [4.78, 5) is 24.7. The van der Waals surface area contributed by atoms with Crippen LogP contribution in [-0.2, 0) is 4.79 Å². The number of anilines is 2. The molecule has 0 bridgehead atoms. The lowest BCUT2D eigenvalue weighted by Crippen LogP contribution is -2.46. The summed E-state index contributed by atoms with van der Waals surface area (Å²) in [5, 5.41) is 0. The van der Waals surface area contributed by atoms with E-state index in [-0.39, 0.29) is 17.9 Å². The molecule has 6 heteroatoms. The van der Waals surface area contributed by atoms with Gasteiger partial charge in [0.15, 0.2) is 0 Å². The Morgan fingerprint density at radius 1 is 1.25 bits per heavy atom. The number of hydrogen-bond donors (Lipinski definition) is 3. The molecule has 1 saturated heterocycles. The standard InChI is InChI=1S/C14H20N4O2/c1-8-2-3-10(14(17)20)7-18(8)12-6-9(13(16)19)4-5-11(12)15/h4-6,8,10H,2-3,7,15H2,1H3,(H2,16,19)(H2,17,20). The number of rotatable bonds is 3. The van der Waals surface area contributed by atoms with Crippen LogP contribution in [0, 0.1) is 5.92 Å². The Hall–Kier alpha value is -2.24. The number of amides is 2. The summed E-state index contributed by atoms with van der Waals surface area (Å²) in [7, 11) is 0. The van der Waals surface area contributed by atoms with E-state index in [0.29, 0.717) is 17.8 Å². The van der Waals surface area contributed by atoms with E-state index >= 15 is 0 Å². The number of nitrogens with two attached hydrogens (primary N) is 3. The first-order valence-electron chi connectivity index (χ1n) is 6.65. The van der Waals surface area contributed by atoms with Gasteiger partial charge in [-0.05, 0) is 38.0 Å². The summed E-state index contributed by atoms with van der Waals surface area (Å²) < 4.78 is 0. The molecule has 0 aromatic heterocycles. The molecule has 1 aliphatic heterocycles. The highest BCUT2D eigenvalue weighted by Gasteiger charge is 2.29. The first-order chi connectivity index (χ1) is 9.40. The fourth-order valence-electron chi connectivity index (χ4n) is 2.62. The molecule has 20 heavy (non-hydrogen) atoms. The Morgan fingerprint density at radius 3 is 2.55 bits per heavy atom. The van der Waals surface area contributed by atoms with Crippen LogP contribution in [0.1, 0.15) is 30.1 Å². The molecule has 6 N–H and O–H groups in total. The summed E-state index contributed by atoms with van der Waals surface area (Å²) in [6.07, 6.45) is 1.64. The number of carbonyl (C=O) groups excluding carboxylic acids is 2. The number of nitrogen functional groups attached to an aromatic ring is 1. The highest BCUT2D eigenvalue weighted by atomic mass is 16.1. The maximum absolute atomic E-state index is 11.4. The molecule has 1 aromatic carbocycles. The molecule has 2 rings (SSSR count). The van der Waals surface area contributed by atoms with Gasteiger partial charge >= 0.3 is 0 Å². The van der Waals surface area contributed by atoms with E-state index in [2.05, 4.69) is 6.92 Å². The van der Waals surface area contributed by atoms with Crippen molar-refractivity contribution in [3.8, 4) is 0 Å². The van der Waals surface area contributed by atoms with Gasteiger partial charge < -0.3 is 22.1 Å². The Morgan fingerprint density at radius 2 is 1.95 bits per heavy atom. The number of piperidine rings is 1. The lowest BCUT2D eigenvalue weighted by Gasteiger charge is -2.39. The van der Waals surface area contributed by atoms with Crippen LogP contribution in [0.15, 0.2) is 18.2 Å². The highest BCUT2D eigenvalue weighted by molar-refractivity contribution is 5.95. The topological polar surface area (TPSA) is 115 Å². The maximum atomic E-state index is 11.4. The average molecular weight is 276 g/mol. The van der Waals surface area contributed by atoms with E-state index in [1.165, 1.54) is 0 Å². The summed E-state index contributed by atoms with van der Waals surface area (Å²) in [6, 6.07) is 5.17. The molecule has 108 valence electrons. The van der Waals surface area contributed by atoms with Gasteiger partial charge in [0, 0.05) is 18.2 Å². The van der Waals surface area contributed by atoms with E-state index in [1.54, 1.807) is 18.2 Å². The van der Waals surface area contributed by atoms with Crippen LogP contribution < -0.4 is 22.1 Å². The molecule has 1 aliphatic rings. The minimum absolute atomic E-state index is 0.192. The highest BCUT2D eigenvalue weighted by Crippen LogP contribution is 2.32. The van der Waals surface area contributed by atoms with Crippen molar-refractivity contribution in [3.63, 3.8) is 0 Å². The first kappa shape index (κ1) is 14.2. The molecule has 2 amide bonds. The fourth-order valence-corrected chi connectivity index (χ4v) is 2.62. The number of primary amides is 2. The molecule has 1 aromatic rings. The summed E-state index contributed by atoms with van der Waals surface area (Å²) in [5.41, 5.74) is 18.4. The Balaban J connectivity index is 2.35. The minimum atomic E-state index is -0.498. The van der Waals surface area contributed by atoms with Crippen molar-refractivity contribution < 1.29 is 9.59 Å². The molecule has 6 nitrogen and oxygen atoms in total. The number of hydrogen-bond acceptors (Lipinski definition) is 4. The van der Waals surface area contributed by atoms with Crippen molar-refractivity contribution in [2.75, 3.05) is 17.2 Å². The third-order valence-corrected chi connectivity index (χ3v) is 3.91. The third-order valence-electron chi connectivity index (χ3n) is 3.91. The summed E-state index contributed by atoms with van der Waals surface area (Å²) in [5.74, 6) is -0.989. The zero-order valence-electron chi connectivity index (χ0n) is 11.5. The SMILES string of the molecule is CC1CCC(C(N)=O)CN1c1cc(C(N)=O)ccc1N. The molecule has 1 fully saturated rings. The predicted octanol–water partition coefficient (Wildman–Crippen LogP) is 0.458. The van der Waals surface area contributed by atoms with Crippen molar-refractivity contribution in [2.45, 2.75) is 25.8 Å². The van der Waals surface area contributed by atoms with Crippen molar-refractivity contribution in [2.24, 2.45) is 17.4 Å².